The molecular weight excluding hydrogens is 388 g/mol. The number of fused-ring (bicyclic) bond motifs is 6. The van der Waals surface area contributed by atoms with Gasteiger partial charge in [-0.25, -0.2) is 9.59 Å². The zero-order valence-corrected chi connectivity index (χ0v) is 17.6. The van der Waals surface area contributed by atoms with Gasteiger partial charge in [-0.3, -0.25) is 0 Å². The minimum Gasteiger partial charge on any atom is -0.422 e. The van der Waals surface area contributed by atoms with Crippen LogP contribution in [0.1, 0.15) is 56.6 Å². The van der Waals surface area contributed by atoms with Crippen molar-refractivity contribution >= 4 is 34.3 Å². The number of carbonyl (C=O) groups is 2. The summed E-state index contributed by atoms with van der Waals surface area (Å²) in [5.41, 5.74) is 2.59. The second kappa shape index (κ2) is 7.03. The van der Waals surface area contributed by atoms with Crippen LogP contribution in [0.15, 0.2) is 42.5 Å². The molecule has 0 heterocycles. The molecule has 3 unspecified atom stereocenters. The molecule has 0 spiro atoms. The molecule has 0 aliphatic heterocycles. The van der Waals surface area contributed by atoms with E-state index < -0.39 is 11.9 Å². The molecule has 2 aliphatic carbocycles. The van der Waals surface area contributed by atoms with E-state index in [1.165, 1.54) is 0 Å². The lowest BCUT2D eigenvalue weighted by Crippen LogP contribution is -2.15. The average molecular weight is 411 g/mol. The normalized spacial score (nSPS) is 21.7. The molecule has 0 saturated heterocycles. The SMILES string of the molecule is C=C(C)C(=O)Oc1c2c(c(OC(=O)C(=C)C)c3cc(Cl)ccc13)C1CCC2C1C. The Morgan fingerprint density at radius 2 is 1.41 bits per heavy atom. The van der Waals surface area contributed by atoms with Gasteiger partial charge in [-0.1, -0.05) is 31.7 Å². The molecule has 0 aromatic heterocycles. The van der Waals surface area contributed by atoms with E-state index in [1.54, 1.807) is 26.0 Å². The minimum absolute atomic E-state index is 0.244. The average Bonchev–Trinajstić information content (AvgIpc) is 3.16. The zero-order valence-electron chi connectivity index (χ0n) is 16.8. The van der Waals surface area contributed by atoms with E-state index >= 15 is 0 Å². The smallest absolute Gasteiger partial charge is 0.338 e. The Balaban J connectivity index is 2.04. The van der Waals surface area contributed by atoms with E-state index in [2.05, 4.69) is 20.1 Å². The summed E-state index contributed by atoms with van der Waals surface area (Å²) in [5, 5.41) is 1.88. The minimum atomic E-state index is -0.476. The first-order chi connectivity index (χ1) is 13.7. The molecule has 150 valence electrons. The Labute approximate surface area is 175 Å². The molecule has 2 aromatic carbocycles. The molecule has 4 nitrogen and oxygen atoms in total. The third-order valence-electron chi connectivity index (χ3n) is 6.14. The van der Waals surface area contributed by atoms with E-state index in [-0.39, 0.29) is 11.8 Å². The first kappa shape index (κ1) is 19.7. The van der Waals surface area contributed by atoms with E-state index in [0.717, 1.165) is 24.0 Å². The van der Waals surface area contributed by atoms with Crippen molar-refractivity contribution in [2.24, 2.45) is 5.92 Å². The lowest BCUT2D eigenvalue weighted by atomic mass is 9.87. The monoisotopic (exact) mass is 410 g/mol. The molecule has 2 aliphatic rings. The molecule has 2 aromatic rings. The fourth-order valence-corrected chi connectivity index (χ4v) is 4.90. The van der Waals surface area contributed by atoms with Gasteiger partial charge in [0.15, 0.2) is 0 Å². The van der Waals surface area contributed by atoms with Gasteiger partial charge in [0, 0.05) is 38.1 Å². The third kappa shape index (κ3) is 3.06. The van der Waals surface area contributed by atoms with Gasteiger partial charge < -0.3 is 9.47 Å². The molecule has 1 saturated carbocycles. The van der Waals surface area contributed by atoms with Gasteiger partial charge in [0.2, 0.25) is 0 Å². The van der Waals surface area contributed by atoms with Gasteiger partial charge in [-0.05, 0) is 62.6 Å². The topological polar surface area (TPSA) is 52.6 Å². The van der Waals surface area contributed by atoms with Crippen molar-refractivity contribution in [1.29, 1.82) is 0 Å². The van der Waals surface area contributed by atoms with Gasteiger partial charge in [0.25, 0.3) is 0 Å². The highest BCUT2D eigenvalue weighted by Gasteiger charge is 2.48. The van der Waals surface area contributed by atoms with E-state index in [4.69, 9.17) is 21.1 Å². The highest BCUT2D eigenvalue weighted by atomic mass is 35.5. The van der Waals surface area contributed by atoms with Crippen LogP contribution in [0.2, 0.25) is 5.02 Å². The van der Waals surface area contributed by atoms with Crippen LogP contribution in [0.25, 0.3) is 10.8 Å². The maximum Gasteiger partial charge on any atom is 0.338 e. The second-order valence-corrected chi connectivity index (χ2v) is 8.60. The summed E-state index contributed by atoms with van der Waals surface area (Å²) in [7, 11) is 0. The largest absolute Gasteiger partial charge is 0.422 e. The van der Waals surface area contributed by atoms with Crippen LogP contribution in [0, 0.1) is 5.92 Å². The number of esters is 2. The van der Waals surface area contributed by atoms with Crippen LogP contribution in [0.4, 0.5) is 0 Å². The molecule has 0 radical (unpaired) electrons. The summed E-state index contributed by atoms with van der Waals surface area (Å²) in [4.78, 5) is 24.8. The first-order valence-electron chi connectivity index (χ1n) is 9.75. The number of hydrogen-bond donors (Lipinski definition) is 0. The molecule has 4 rings (SSSR count). The van der Waals surface area contributed by atoms with Crippen LogP contribution in [-0.2, 0) is 9.59 Å². The standard InChI is InChI=1S/C24H23ClO4/c1-11(2)23(26)28-21-17-7-6-14(25)10-18(17)22(29-24(27)12(3)4)20-16-9-8-15(13(16)5)19(20)21/h6-7,10,13,15-16H,1,3,8-9H2,2,4-5H3. The van der Waals surface area contributed by atoms with Crippen molar-refractivity contribution in [1.82, 2.24) is 0 Å². The maximum atomic E-state index is 12.4. The highest BCUT2D eigenvalue weighted by molar-refractivity contribution is 6.31. The van der Waals surface area contributed by atoms with Crippen LogP contribution in [0.3, 0.4) is 0 Å². The van der Waals surface area contributed by atoms with Gasteiger partial charge in [-0.2, -0.15) is 0 Å². The van der Waals surface area contributed by atoms with Crippen molar-refractivity contribution in [3.05, 3.63) is 58.7 Å². The summed E-state index contributed by atoms with van der Waals surface area (Å²) in [5.74, 6) is 0.982. The summed E-state index contributed by atoms with van der Waals surface area (Å²) < 4.78 is 11.7. The Morgan fingerprint density at radius 1 is 0.931 bits per heavy atom. The lowest BCUT2D eigenvalue weighted by Gasteiger charge is -2.24. The molecule has 0 amide bonds. The number of halogens is 1. The molecule has 0 N–H and O–H groups in total. The van der Waals surface area contributed by atoms with Crippen LogP contribution in [-0.4, -0.2) is 11.9 Å². The number of ether oxygens (including phenoxy) is 2. The van der Waals surface area contributed by atoms with Crippen LogP contribution < -0.4 is 9.47 Å². The quantitative estimate of drug-likeness (QED) is 0.349. The predicted molar refractivity (Wildman–Crippen MR) is 114 cm³/mol. The van der Waals surface area contributed by atoms with E-state index in [9.17, 15) is 9.59 Å². The number of rotatable bonds is 4. The molecule has 1 fully saturated rings. The van der Waals surface area contributed by atoms with Crippen LogP contribution in [0.5, 0.6) is 11.5 Å². The van der Waals surface area contributed by atoms with E-state index in [1.807, 2.05) is 6.07 Å². The van der Waals surface area contributed by atoms with Gasteiger partial charge in [-0.15, -0.1) is 0 Å². The number of hydrogen-bond acceptors (Lipinski definition) is 4. The number of benzene rings is 2. The highest BCUT2D eigenvalue weighted by Crippen LogP contribution is 2.64. The third-order valence-corrected chi connectivity index (χ3v) is 6.37. The molecule has 3 atom stereocenters. The Kier molecular flexibility index (Phi) is 4.78. The van der Waals surface area contributed by atoms with Gasteiger partial charge >= 0.3 is 11.9 Å². The lowest BCUT2D eigenvalue weighted by molar-refractivity contribution is -0.131. The molecule has 2 bridgehead atoms. The Morgan fingerprint density at radius 3 is 1.90 bits per heavy atom. The summed E-state index contributed by atoms with van der Waals surface area (Å²) in [6.45, 7) is 12.9. The van der Waals surface area contributed by atoms with Crippen molar-refractivity contribution in [3.8, 4) is 11.5 Å². The Hall–Kier alpha value is -2.59. The molecule has 29 heavy (non-hydrogen) atoms. The van der Waals surface area contributed by atoms with Crippen molar-refractivity contribution in [2.45, 2.75) is 45.4 Å². The van der Waals surface area contributed by atoms with Crippen molar-refractivity contribution < 1.29 is 19.1 Å². The predicted octanol–water partition coefficient (Wildman–Crippen LogP) is 6.07. The van der Waals surface area contributed by atoms with Gasteiger partial charge in [0.05, 0.1) is 0 Å². The second-order valence-electron chi connectivity index (χ2n) is 8.16. The first-order valence-corrected chi connectivity index (χ1v) is 10.1. The fraction of sp³-hybridized carbons (Fsp3) is 0.333. The number of carbonyl (C=O) groups excluding carboxylic acids is 2. The zero-order chi connectivity index (χ0) is 21.0. The fourth-order valence-electron chi connectivity index (χ4n) is 4.73. The Bertz CT molecular complexity index is 1100. The maximum absolute atomic E-state index is 12.4. The van der Waals surface area contributed by atoms with Crippen molar-refractivity contribution in [2.75, 3.05) is 0 Å². The van der Waals surface area contributed by atoms with Gasteiger partial charge in [0.1, 0.15) is 11.5 Å². The molecule has 5 heteroatoms. The van der Waals surface area contributed by atoms with Crippen molar-refractivity contribution in [3.63, 3.8) is 0 Å². The molecular formula is C24H23ClO4. The van der Waals surface area contributed by atoms with Crippen LogP contribution >= 0.6 is 11.6 Å². The summed E-state index contributed by atoms with van der Waals surface area (Å²) in [6, 6.07) is 5.32. The summed E-state index contributed by atoms with van der Waals surface area (Å²) >= 11 is 6.28. The van der Waals surface area contributed by atoms with E-state index in [0.29, 0.717) is 44.4 Å². The summed E-state index contributed by atoms with van der Waals surface area (Å²) in [6.07, 6.45) is 2.03.